The number of allylic oxidation sites excluding steroid dienone is 1. The van der Waals surface area contributed by atoms with Crippen LogP contribution >= 0.6 is 11.8 Å². The molecule has 26 heavy (non-hydrogen) atoms. The van der Waals surface area contributed by atoms with Crippen LogP contribution in [0.3, 0.4) is 0 Å². The zero-order valence-corrected chi connectivity index (χ0v) is 16.3. The molecule has 1 aliphatic rings. The fourth-order valence-corrected chi connectivity index (χ4v) is 3.59. The molecule has 1 aromatic rings. The summed E-state index contributed by atoms with van der Waals surface area (Å²) in [5.41, 5.74) is 1.40. The fourth-order valence-electron chi connectivity index (χ4n) is 2.85. The van der Waals surface area contributed by atoms with Gasteiger partial charge in [-0.15, -0.1) is 10.2 Å². The number of rotatable bonds is 10. The van der Waals surface area contributed by atoms with E-state index in [1.54, 1.807) is 6.33 Å². The SMILES string of the molecule is CCCCCn1cnnc1SCC(=O)NC(=O)NCCC1=CCCCC1. The Bertz CT molecular complexity index is 614. The Morgan fingerprint density at radius 2 is 2.19 bits per heavy atom. The van der Waals surface area contributed by atoms with Gasteiger partial charge < -0.3 is 9.88 Å². The third-order valence-electron chi connectivity index (χ3n) is 4.28. The van der Waals surface area contributed by atoms with Crippen molar-refractivity contribution >= 4 is 23.7 Å². The van der Waals surface area contributed by atoms with Gasteiger partial charge in [-0.1, -0.05) is 43.2 Å². The number of nitrogens with one attached hydrogen (secondary N) is 2. The van der Waals surface area contributed by atoms with Crippen LogP contribution in [0.25, 0.3) is 0 Å². The van der Waals surface area contributed by atoms with E-state index in [1.165, 1.54) is 30.2 Å². The van der Waals surface area contributed by atoms with Gasteiger partial charge in [0.1, 0.15) is 6.33 Å². The molecular weight excluding hydrogens is 350 g/mol. The Morgan fingerprint density at radius 1 is 1.31 bits per heavy atom. The Labute approximate surface area is 159 Å². The third kappa shape index (κ3) is 7.59. The summed E-state index contributed by atoms with van der Waals surface area (Å²) in [6.45, 7) is 3.56. The molecule has 2 N–H and O–H groups in total. The van der Waals surface area contributed by atoms with E-state index in [0.717, 1.165) is 45.1 Å². The standard InChI is InChI=1S/C18H29N5O2S/c1-2-3-7-12-23-14-20-22-18(23)26-13-16(24)21-17(25)19-11-10-15-8-5-4-6-9-15/h8,14H,2-7,9-13H2,1H3,(H2,19,21,24,25). The minimum Gasteiger partial charge on any atom is -0.337 e. The third-order valence-corrected chi connectivity index (χ3v) is 5.27. The van der Waals surface area contributed by atoms with Crippen molar-refractivity contribution in [1.82, 2.24) is 25.4 Å². The van der Waals surface area contributed by atoms with Gasteiger partial charge in [-0.25, -0.2) is 4.79 Å². The van der Waals surface area contributed by atoms with Crippen LogP contribution in [0, 0.1) is 0 Å². The van der Waals surface area contributed by atoms with Crippen LogP contribution < -0.4 is 10.6 Å². The number of hydrogen-bond donors (Lipinski definition) is 2. The zero-order chi connectivity index (χ0) is 18.6. The van der Waals surface area contributed by atoms with Crippen LogP contribution in [0.15, 0.2) is 23.1 Å². The van der Waals surface area contributed by atoms with Crippen LogP contribution in [0.5, 0.6) is 0 Å². The minimum atomic E-state index is -0.434. The number of urea groups is 1. The van der Waals surface area contributed by atoms with Crippen molar-refractivity contribution in [3.8, 4) is 0 Å². The first-order chi connectivity index (χ1) is 12.7. The second kappa shape index (κ2) is 11.7. The quantitative estimate of drug-likeness (QED) is 0.370. The first kappa shape index (κ1) is 20.5. The summed E-state index contributed by atoms with van der Waals surface area (Å²) in [6.07, 6.45) is 12.9. The molecule has 0 unspecified atom stereocenters. The van der Waals surface area contributed by atoms with Crippen molar-refractivity contribution in [1.29, 1.82) is 0 Å². The maximum Gasteiger partial charge on any atom is 0.321 e. The second-order valence-corrected chi connectivity index (χ2v) is 7.41. The average Bonchev–Trinajstić information content (AvgIpc) is 3.08. The molecule has 0 saturated carbocycles. The highest BCUT2D eigenvalue weighted by atomic mass is 32.2. The van der Waals surface area contributed by atoms with Crippen molar-refractivity contribution in [3.05, 3.63) is 18.0 Å². The van der Waals surface area contributed by atoms with Gasteiger partial charge in [0.15, 0.2) is 5.16 Å². The van der Waals surface area contributed by atoms with Crippen LogP contribution in [0.1, 0.15) is 58.3 Å². The summed E-state index contributed by atoms with van der Waals surface area (Å²) >= 11 is 1.30. The largest absolute Gasteiger partial charge is 0.337 e. The summed E-state index contributed by atoms with van der Waals surface area (Å²) in [4.78, 5) is 23.7. The molecule has 0 saturated heterocycles. The van der Waals surface area contributed by atoms with Crippen molar-refractivity contribution in [2.45, 2.75) is 70.0 Å². The highest BCUT2D eigenvalue weighted by molar-refractivity contribution is 7.99. The van der Waals surface area contributed by atoms with Crippen molar-refractivity contribution in [2.24, 2.45) is 0 Å². The summed E-state index contributed by atoms with van der Waals surface area (Å²) in [5.74, 6) is -0.183. The van der Waals surface area contributed by atoms with Crippen LogP contribution in [-0.4, -0.2) is 39.0 Å². The Balaban J connectivity index is 1.63. The van der Waals surface area contributed by atoms with E-state index in [2.05, 4.69) is 33.8 Å². The molecule has 8 heteroatoms. The second-order valence-electron chi connectivity index (χ2n) is 6.46. The first-order valence-corrected chi connectivity index (χ1v) is 10.4. The zero-order valence-electron chi connectivity index (χ0n) is 15.5. The van der Waals surface area contributed by atoms with Gasteiger partial charge in [-0.05, 0) is 38.5 Å². The fraction of sp³-hybridized carbons (Fsp3) is 0.667. The highest BCUT2D eigenvalue weighted by Gasteiger charge is 2.11. The molecule has 2 rings (SSSR count). The number of carbonyl (C=O) groups is 2. The molecule has 1 aromatic heterocycles. The van der Waals surface area contributed by atoms with E-state index in [-0.39, 0.29) is 11.7 Å². The molecule has 1 aliphatic carbocycles. The predicted octanol–water partition coefficient (Wildman–Crippen LogP) is 3.28. The van der Waals surface area contributed by atoms with Crippen molar-refractivity contribution in [2.75, 3.05) is 12.3 Å². The maximum atomic E-state index is 11.9. The summed E-state index contributed by atoms with van der Waals surface area (Å²) in [7, 11) is 0. The number of hydrogen-bond acceptors (Lipinski definition) is 5. The normalized spacial score (nSPS) is 14.0. The van der Waals surface area contributed by atoms with Gasteiger partial charge in [-0.2, -0.15) is 0 Å². The monoisotopic (exact) mass is 379 g/mol. The number of aryl methyl sites for hydroxylation is 1. The molecule has 0 radical (unpaired) electrons. The molecule has 0 aromatic carbocycles. The number of aromatic nitrogens is 3. The van der Waals surface area contributed by atoms with E-state index < -0.39 is 6.03 Å². The van der Waals surface area contributed by atoms with Gasteiger partial charge in [-0.3, -0.25) is 10.1 Å². The summed E-state index contributed by atoms with van der Waals surface area (Å²) < 4.78 is 1.95. The number of nitrogens with zero attached hydrogens (tertiary/aromatic N) is 3. The van der Waals surface area contributed by atoms with E-state index in [1.807, 2.05) is 4.57 Å². The van der Waals surface area contributed by atoms with Gasteiger partial charge >= 0.3 is 6.03 Å². The number of unbranched alkanes of at least 4 members (excludes halogenated alkanes) is 2. The lowest BCUT2D eigenvalue weighted by atomic mass is 9.97. The molecule has 1 heterocycles. The summed E-state index contributed by atoms with van der Waals surface area (Å²) in [6, 6.07) is -0.434. The van der Waals surface area contributed by atoms with Crippen molar-refractivity contribution < 1.29 is 9.59 Å². The van der Waals surface area contributed by atoms with Crippen LogP contribution in [-0.2, 0) is 11.3 Å². The van der Waals surface area contributed by atoms with E-state index in [0.29, 0.717) is 11.7 Å². The lowest BCUT2D eigenvalue weighted by Crippen LogP contribution is -2.40. The van der Waals surface area contributed by atoms with Gasteiger partial charge in [0.05, 0.1) is 5.75 Å². The van der Waals surface area contributed by atoms with Gasteiger partial charge in [0.25, 0.3) is 0 Å². The summed E-state index contributed by atoms with van der Waals surface area (Å²) in [5, 5.41) is 13.8. The van der Waals surface area contributed by atoms with E-state index >= 15 is 0 Å². The number of imide groups is 1. The van der Waals surface area contributed by atoms with Crippen LogP contribution in [0.4, 0.5) is 4.79 Å². The number of carbonyl (C=O) groups excluding carboxylic acids is 2. The molecule has 144 valence electrons. The van der Waals surface area contributed by atoms with Crippen molar-refractivity contribution in [3.63, 3.8) is 0 Å². The molecule has 0 fully saturated rings. The Morgan fingerprint density at radius 3 is 2.96 bits per heavy atom. The topological polar surface area (TPSA) is 88.9 Å². The van der Waals surface area contributed by atoms with Gasteiger partial charge in [0.2, 0.25) is 5.91 Å². The molecular formula is C18H29N5O2S. The van der Waals surface area contributed by atoms with E-state index in [9.17, 15) is 9.59 Å². The molecule has 3 amide bonds. The minimum absolute atomic E-state index is 0.144. The Kier molecular flexibility index (Phi) is 9.23. The first-order valence-electron chi connectivity index (χ1n) is 9.45. The molecule has 0 spiro atoms. The lowest BCUT2D eigenvalue weighted by Gasteiger charge is -2.13. The molecule has 0 bridgehead atoms. The van der Waals surface area contributed by atoms with E-state index in [4.69, 9.17) is 0 Å². The maximum absolute atomic E-state index is 11.9. The Hall–Kier alpha value is -1.83. The predicted molar refractivity (Wildman–Crippen MR) is 103 cm³/mol. The molecule has 7 nitrogen and oxygen atoms in total. The van der Waals surface area contributed by atoms with Crippen LogP contribution in [0.2, 0.25) is 0 Å². The average molecular weight is 380 g/mol. The molecule has 0 atom stereocenters. The number of amides is 3. The number of thioether (sulfide) groups is 1. The highest BCUT2D eigenvalue weighted by Crippen LogP contribution is 2.19. The molecule has 0 aliphatic heterocycles. The van der Waals surface area contributed by atoms with Gasteiger partial charge in [0, 0.05) is 13.1 Å². The lowest BCUT2D eigenvalue weighted by molar-refractivity contribution is -0.117. The smallest absolute Gasteiger partial charge is 0.321 e.